The summed E-state index contributed by atoms with van der Waals surface area (Å²) in [6, 6.07) is 0. The van der Waals surface area contributed by atoms with Gasteiger partial charge in [-0.05, 0) is 5.92 Å². The average Bonchev–Trinajstić information content (AvgIpc) is 2.14. The summed E-state index contributed by atoms with van der Waals surface area (Å²) in [4.78, 5) is 20.0. The van der Waals surface area contributed by atoms with Gasteiger partial charge in [-0.3, -0.25) is 4.79 Å². The Morgan fingerprint density at radius 2 is 2.27 bits per heavy atom. The number of nitrogens with zero attached hydrogens (tertiary/aromatic N) is 2. The van der Waals surface area contributed by atoms with E-state index in [1.807, 2.05) is 4.90 Å². The third-order valence-electron chi connectivity index (χ3n) is 3.11. The first-order chi connectivity index (χ1) is 7.03. The van der Waals surface area contributed by atoms with Crippen LogP contribution in [0.5, 0.6) is 0 Å². The Kier molecular flexibility index (Phi) is 2.26. The molecule has 5 nitrogen and oxygen atoms in total. The largest absolute Gasteiger partial charge is 0.348 e. The van der Waals surface area contributed by atoms with Crippen LogP contribution in [0.2, 0.25) is 0 Å². The van der Waals surface area contributed by atoms with Crippen molar-refractivity contribution in [2.45, 2.75) is 19.4 Å². The molecule has 1 fully saturated rings. The molecule has 0 amide bonds. The molecule has 15 heavy (non-hydrogen) atoms. The van der Waals surface area contributed by atoms with Crippen molar-refractivity contribution in [2.24, 2.45) is 11.7 Å². The summed E-state index contributed by atoms with van der Waals surface area (Å²) in [6.07, 6.45) is 3.12. The number of nitrogens with one attached hydrogen (secondary N) is 1. The summed E-state index contributed by atoms with van der Waals surface area (Å²) in [7, 11) is 0. The second-order valence-corrected chi connectivity index (χ2v) is 4.49. The van der Waals surface area contributed by atoms with Crippen LogP contribution in [0.25, 0.3) is 0 Å². The molecular weight excluding hydrogens is 192 g/mol. The highest BCUT2D eigenvalue weighted by Crippen LogP contribution is 2.27. The number of nitrogens with two attached hydrogens (primary N) is 1. The summed E-state index contributed by atoms with van der Waals surface area (Å²) >= 11 is 0. The molecule has 1 aliphatic heterocycles. The minimum absolute atomic E-state index is 0.150. The van der Waals surface area contributed by atoms with Crippen molar-refractivity contribution in [3.8, 4) is 0 Å². The van der Waals surface area contributed by atoms with Gasteiger partial charge < -0.3 is 15.6 Å². The van der Waals surface area contributed by atoms with Crippen molar-refractivity contribution in [2.75, 3.05) is 18.0 Å². The Bertz CT molecular complexity index is 406. The van der Waals surface area contributed by atoms with Crippen LogP contribution < -0.4 is 16.2 Å². The standard InChI is InChI=1S/C10H16N4O/c1-7(2)10(11)5-14(6-10)8-9(15)13-4-3-12-8/h3-4,7H,5-6,11H2,1-2H3,(H,13,15). The number of aromatic amines is 1. The second-order valence-electron chi connectivity index (χ2n) is 4.49. The van der Waals surface area contributed by atoms with Crippen LogP contribution in [-0.2, 0) is 0 Å². The van der Waals surface area contributed by atoms with Gasteiger partial charge in [0.2, 0.25) is 0 Å². The van der Waals surface area contributed by atoms with E-state index in [9.17, 15) is 4.79 Å². The first-order valence-corrected chi connectivity index (χ1v) is 5.10. The highest BCUT2D eigenvalue weighted by atomic mass is 16.1. The fourth-order valence-corrected chi connectivity index (χ4v) is 1.75. The van der Waals surface area contributed by atoms with E-state index in [0.29, 0.717) is 24.8 Å². The van der Waals surface area contributed by atoms with Crippen molar-refractivity contribution >= 4 is 5.82 Å². The Labute approximate surface area is 88.3 Å². The number of hydrogen-bond donors (Lipinski definition) is 2. The zero-order valence-electron chi connectivity index (χ0n) is 9.03. The molecule has 0 radical (unpaired) electrons. The first-order valence-electron chi connectivity index (χ1n) is 5.10. The fourth-order valence-electron chi connectivity index (χ4n) is 1.75. The quantitative estimate of drug-likeness (QED) is 0.714. The molecule has 82 valence electrons. The highest BCUT2D eigenvalue weighted by Gasteiger charge is 2.43. The van der Waals surface area contributed by atoms with Crippen LogP contribution in [0, 0.1) is 5.92 Å². The molecule has 2 rings (SSSR count). The maximum absolute atomic E-state index is 11.4. The zero-order chi connectivity index (χ0) is 11.1. The van der Waals surface area contributed by atoms with E-state index in [0.717, 1.165) is 0 Å². The number of H-pyrrole nitrogens is 1. The molecule has 3 N–H and O–H groups in total. The Morgan fingerprint density at radius 3 is 2.80 bits per heavy atom. The maximum atomic E-state index is 11.4. The van der Waals surface area contributed by atoms with Gasteiger partial charge in [-0.25, -0.2) is 4.98 Å². The molecule has 0 spiro atoms. The van der Waals surface area contributed by atoms with Crippen molar-refractivity contribution < 1.29 is 0 Å². The van der Waals surface area contributed by atoms with Gasteiger partial charge in [-0.1, -0.05) is 13.8 Å². The number of aromatic nitrogens is 2. The van der Waals surface area contributed by atoms with E-state index in [-0.39, 0.29) is 11.1 Å². The van der Waals surface area contributed by atoms with Crippen LogP contribution in [0.15, 0.2) is 17.2 Å². The van der Waals surface area contributed by atoms with Gasteiger partial charge in [0, 0.05) is 25.5 Å². The lowest BCUT2D eigenvalue weighted by Gasteiger charge is -2.50. The molecule has 0 unspecified atom stereocenters. The Morgan fingerprint density at radius 1 is 1.60 bits per heavy atom. The second kappa shape index (κ2) is 3.34. The number of hydrogen-bond acceptors (Lipinski definition) is 4. The van der Waals surface area contributed by atoms with Gasteiger partial charge in [0.1, 0.15) is 0 Å². The molecule has 5 heteroatoms. The average molecular weight is 208 g/mol. The SMILES string of the molecule is CC(C)C1(N)CN(c2ncc[nH]c2=O)C1. The summed E-state index contributed by atoms with van der Waals surface area (Å²) in [5, 5.41) is 0. The van der Waals surface area contributed by atoms with Gasteiger partial charge in [0.05, 0.1) is 5.54 Å². The van der Waals surface area contributed by atoms with Crippen LogP contribution in [0.4, 0.5) is 5.82 Å². The molecule has 1 aliphatic rings. The molecule has 1 aromatic heterocycles. The highest BCUT2D eigenvalue weighted by molar-refractivity contribution is 5.42. The van der Waals surface area contributed by atoms with Gasteiger partial charge in [0.25, 0.3) is 5.56 Å². The zero-order valence-corrected chi connectivity index (χ0v) is 9.03. The number of rotatable bonds is 2. The van der Waals surface area contributed by atoms with E-state index in [2.05, 4.69) is 23.8 Å². The van der Waals surface area contributed by atoms with Gasteiger partial charge >= 0.3 is 0 Å². The van der Waals surface area contributed by atoms with E-state index >= 15 is 0 Å². The van der Waals surface area contributed by atoms with Crippen molar-refractivity contribution in [1.82, 2.24) is 9.97 Å². The molecule has 0 aromatic carbocycles. The predicted octanol–water partition coefficient (Wildman–Crippen LogP) is -0.0566. The third kappa shape index (κ3) is 1.63. The molecular formula is C10H16N4O. The topological polar surface area (TPSA) is 75.0 Å². The molecule has 0 aliphatic carbocycles. The van der Waals surface area contributed by atoms with E-state index in [4.69, 9.17) is 5.73 Å². The smallest absolute Gasteiger partial charge is 0.290 e. The summed E-state index contributed by atoms with van der Waals surface area (Å²) in [5.74, 6) is 0.885. The van der Waals surface area contributed by atoms with Crippen LogP contribution >= 0.6 is 0 Å². The van der Waals surface area contributed by atoms with Gasteiger partial charge in [-0.2, -0.15) is 0 Å². The minimum atomic E-state index is -0.177. The Balaban J connectivity index is 2.13. The summed E-state index contributed by atoms with van der Waals surface area (Å²) in [5.41, 5.74) is 5.82. The van der Waals surface area contributed by atoms with Gasteiger partial charge in [0.15, 0.2) is 5.82 Å². The molecule has 1 aromatic rings. The molecule has 0 bridgehead atoms. The van der Waals surface area contributed by atoms with Crippen LogP contribution in [-0.4, -0.2) is 28.6 Å². The maximum Gasteiger partial charge on any atom is 0.290 e. The van der Waals surface area contributed by atoms with Crippen LogP contribution in [0.1, 0.15) is 13.8 Å². The van der Waals surface area contributed by atoms with E-state index < -0.39 is 0 Å². The minimum Gasteiger partial charge on any atom is -0.348 e. The molecule has 0 saturated carbocycles. The normalized spacial score (nSPS) is 19.1. The Hall–Kier alpha value is -1.36. The first kappa shape index (κ1) is 10.2. The number of anilines is 1. The lowest BCUT2D eigenvalue weighted by atomic mass is 9.80. The van der Waals surface area contributed by atoms with Crippen molar-refractivity contribution in [3.05, 3.63) is 22.7 Å². The van der Waals surface area contributed by atoms with E-state index in [1.54, 1.807) is 6.20 Å². The lowest BCUT2D eigenvalue weighted by molar-refractivity contribution is 0.243. The fraction of sp³-hybridized carbons (Fsp3) is 0.600. The van der Waals surface area contributed by atoms with Crippen molar-refractivity contribution in [1.29, 1.82) is 0 Å². The van der Waals surface area contributed by atoms with Gasteiger partial charge in [-0.15, -0.1) is 0 Å². The lowest BCUT2D eigenvalue weighted by Crippen LogP contribution is -2.71. The van der Waals surface area contributed by atoms with Crippen molar-refractivity contribution in [3.63, 3.8) is 0 Å². The monoisotopic (exact) mass is 208 g/mol. The van der Waals surface area contributed by atoms with E-state index in [1.165, 1.54) is 6.20 Å². The van der Waals surface area contributed by atoms with Crippen LogP contribution in [0.3, 0.4) is 0 Å². The summed E-state index contributed by atoms with van der Waals surface area (Å²) in [6.45, 7) is 5.59. The third-order valence-corrected chi connectivity index (χ3v) is 3.11. The molecule has 0 atom stereocenters. The predicted molar refractivity (Wildman–Crippen MR) is 58.8 cm³/mol. The molecule has 1 saturated heterocycles. The molecule has 2 heterocycles. The summed E-state index contributed by atoms with van der Waals surface area (Å²) < 4.78 is 0.